The molecule has 138 valence electrons. The van der Waals surface area contributed by atoms with Gasteiger partial charge in [-0.05, 0) is 50.7 Å². The van der Waals surface area contributed by atoms with Crippen LogP contribution < -0.4 is 0 Å². The molecule has 0 N–H and O–H groups in total. The number of ether oxygens (including phenoxy) is 2. The summed E-state index contributed by atoms with van der Waals surface area (Å²) in [7, 11) is 0. The van der Waals surface area contributed by atoms with Crippen LogP contribution in [-0.4, -0.2) is 41.4 Å². The number of fused-ring (bicyclic) bond motifs is 2. The van der Waals surface area contributed by atoms with E-state index in [2.05, 4.69) is 37.5 Å². The molecule has 5 atom stereocenters. The minimum atomic E-state index is -0.547. The molecule has 2 saturated heterocycles. The van der Waals surface area contributed by atoms with Gasteiger partial charge in [-0.1, -0.05) is 37.5 Å². The van der Waals surface area contributed by atoms with Gasteiger partial charge in [-0.25, -0.2) is 0 Å². The molecule has 0 bridgehead atoms. The summed E-state index contributed by atoms with van der Waals surface area (Å²) in [5, 5.41) is 0. The Morgan fingerprint density at radius 3 is 2.73 bits per heavy atom. The maximum absolute atomic E-state index is 12.3. The maximum Gasteiger partial charge on any atom is 0.321 e. The van der Waals surface area contributed by atoms with Crippen molar-refractivity contribution < 1.29 is 14.3 Å². The molecule has 4 nitrogen and oxygen atoms in total. The van der Waals surface area contributed by atoms with Gasteiger partial charge in [0.1, 0.15) is 0 Å². The van der Waals surface area contributed by atoms with E-state index in [0.717, 1.165) is 18.4 Å². The highest BCUT2D eigenvalue weighted by atomic mass is 16.6. The van der Waals surface area contributed by atoms with Gasteiger partial charge in [0.15, 0.2) is 6.23 Å². The first kappa shape index (κ1) is 17.6. The third-order valence-corrected chi connectivity index (χ3v) is 6.27. The molecule has 3 aliphatic rings. The van der Waals surface area contributed by atoms with E-state index in [4.69, 9.17) is 9.47 Å². The number of nitrogens with zero attached hydrogens (tertiary/aromatic N) is 1. The zero-order chi connectivity index (χ0) is 18.3. The number of benzene rings is 1. The summed E-state index contributed by atoms with van der Waals surface area (Å²) in [6.45, 7) is 7.07. The normalized spacial score (nSPS) is 36.1. The number of morpholine rings is 1. The smallest absolute Gasteiger partial charge is 0.321 e. The fraction of sp³-hybridized carbons (Fsp3) is 0.591. The third kappa shape index (κ3) is 3.15. The van der Waals surface area contributed by atoms with E-state index in [1.165, 1.54) is 6.42 Å². The molecule has 2 heterocycles. The Balaban J connectivity index is 1.63. The Bertz CT molecular complexity index is 733. The van der Waals surface area contributed by atoms with Crippen LogP contribution in [0.3, 0.4) is 0 Å². The number of carbonyl (C=O) groups excluding carboxylic acids is 1. The largest absolute Gasteiger partial charge is 0.444 e. The fourth-order valence-corrected chi connectivity index (χ4v) is 4.76. The van der Waals surface area contributed by atoms with Crippen molar-refractivity contribution >= 4 is 5.97 Å². The monoisotopic (exact) mass is 353 g/mol. The van der Waals surface area contributed by atoms with E-state index in [1.807, 2.05) is 30.3 Å². The summed E-state index contributed by atoms with van der Waals surface area (Å²) in [5.74, 6) is 7.21. The van der Waals surface area contributed by atoms with Gasteiger partial charge in [-0.15, -0.1) is 0 Å². The fourth-order valence-electron chi connectivity index (χ4n) is 4.76. The average Bonchev–Trinajstić information content (AvgIpc) is 2.61. The zero-order valence-corrected chi connectivity index (χ0v) is 15.8. The van der Waals surface area contributed by atoms with Crippen LogP contribution in [0.15, 0.2) is 30.3 Å². The van der Waals surface area contributed by atoms with E-state index >= 15 is 0 Å². The molecule has 1 aromatic rings. The van der Waals surface area contributed by atoms with Gasteiger partial charge in [0.05, 0.1) is 12.6 Å². The second kappa shape index (κ2) is 6.72. The molecule has 0 unspecified atom stereocenters. The van der Waals surface area contributed by atoms with E-state index in [0.29, 0.717) is 11.8 Å². The zero-order valence-electron chi connectivity index (χ0n) is 15.8. The molecule has 4 rings (SSSR count). The average molecular weight is 353 g/mol. The van der Waals surface area contributed by atoms with Crippen LogP contribution in [-0.2, 0) is 14.3 Å². The minimum absolute atomic E-state index is 0.0974. The quantitative estimate of drug-likeness (QED) is 0.530. The Labute approximate surface area is 155 Å². The van der Waals surface area contributed by atoms with Gasteiger partial charge in [0.2, 0.25) is 6.10 Å². The highest BCUT2D eigenvalue weighted by Gasteiger charge is 2.55. The van der Waals surface area contributed by atoms with Crippen molar-refractivity contribution in [3.63, 3.8) is 0 Å². The van der Waals surface area contributed by atoms with Crippen molar-refractivity contribution in [2.45, 2.75) is 64.0 Å². The Hall–Kier alpha value is -1.83. The number of cyclic esters (lactones) is 1. The number of hydrogen-bond acceptors (Lipinski definition) is 4. The molecular weight excluding hydrogens is 326 g/mol. The maximum atomic E-state index is 12.3. The Kier molecular flexibility index (Phi) is 4.54. The third-order valence-electron chi connectivity index (χ3n) is 6.27. The van der Waals surface area contributed by atoms with Crippen LogP contribution in [0.25, 0.3) is 0 Å². The molecule has 3 fully saturated rings. The van der Waals surface area contributed by atoms with Crippen LogP contribution in [0, 0.1) is 23.7 Å². The number of hydrogen-bond donors (Lipinski definition) is 0. The van der Waals surface area contributed by atoms with Crippen LogP contribution in [0.5, 0.6) is 0 Å². The summed E-state index contributed by atoms with van der Waals surface area (Å²) >= 11 is 0. The van der Waals surface area contributed by atoms with Gasteiger partial charge in [0, 0.05) is 17.0 Å². The van der Waals surface area contributed by atoms with Crippen molar-refractivity contribution in [1.82, 2.24) is 4.90 Å². The molecule has 0 radical (unpaired) electrons. The second-order valence-corrected chi connectivity index (χ2v) is 8.42. The minimum Gasteiger partial charge on any atom is -0.444 e. The first-order valence-corrected chi connectivity index (χ1v) is 9.63. The molecule has 0 aromatic heterocycles. The van der Waals surface area contributed by atoms with Crippen LogP contribution in [0.1, 0.15) is 45.6 Å². The van der Waals surface area contributed by atoms with Crippen molar-refractivity contribution in [3.05, 3.63) is 35.9 Å². The molecule has 1 aliphatic carbocycles. The van der Waals surface area contributed by atoms with Crippen LogP contribution in [0.4, 0.5) is 0 Å². The standard InChI is InChI=1S/C22H27NO3/c1-15-9-11-17-19(13-15)26-21-18(12-10-16-7-5-4-6-8-16)25-20(24)14-23(21)22(17,2)3/h4-8,15,17-19,21H,9,11,13-14H2,1-3H3/t15-,17-,18-,19-,21+/m1/s1. The first-order valence-electron chi connectivity index (χ1n) is 9.63. The highest BCUT2D eigenvalue weighted by Crippen LogP contribution is 2.46. The van der Waals surface area contributed by atoms with E-state index in [1.54, 1.807) is 0 Å². The first-order chi connectivity index (χ1) is 12.4. The molecule has 26 heavy (non-hydrogen) atoms. The van der Waals surface area contributed by atoms with Gasteiger partial charge in [0.25, 0.3) is 0 Å². The van der Waals surface area contributed by atoms with Gasteiger partial charge in [-0.3, -0.25) is 9.69 Å². The lowest BCUT2D eigenvalue weighted by Crippen LogP contribution is -2.70. The van der Waals surface area contributed by atoms with Crippen LogP contribution in [0.2, 0.25) is 0 Å². The van der Waals surface area contributed by atoms with E-state index in [9.17, 15) is 4.79 Å². The Morgan fingerprint density at radius 1 is 1.19 bits per heavy atom. The van der Waals surface area contributed by atoms with Crippen LogP contribution >= 0.6 is 0 Å². The molecule has 1 aromatic carbocycles. The molecule has 0 amide bonds. The lowest BCUT2D eigenvalue weighted by atomic mass is 9.69. The SMILES string of the molecule is C[C@@H]1CC[C@@H]2[C@@H](C1)O[C@H]1[C@@H](C#Cc3ccccc3)OC(=O)CN1C2(C)C. The lowest BCUT2D eigenvalue weighted by molar-refractivity contribution is -0.271. The van der Waals surface area contributed by atoms with Gasteiger partial charge >= 0.3 is 5.97 Å². The molecule has 1 saturated carbocycles. The molecule has 4 heteroatoms. The van der Waals surface area contributed by atoms with E-state index < -0.39 is 6.10 Å². The van der Waals surface area contributed by atoms with Crippen molar-refractivity contribution in [2.75, 3.05) is 6.54 Å². The van der Waals surface area contributed by atoms with Gasteiger partial charge in [-0.2, -0.15) is 0 Å². The summed E-state index contributed by atoms with van der Waals surface area (Å²) in [6.07, 6.45) is 2.84. The molecule has 0 spiro atoms. The summed E-state index contributed by atoms with van der Waals surface area (Å²) in [4.78, 5) is 14.4. The highest BCUT2D eigenvalue weighted by molar-refractivity contribution is 5.73. The van der Waals surface area contributed by atoms with Crippen molar-refractivity contribution in [3.8, 4) is 11.8 Å². The van der Waals surface area contributed by atoms with Crippen molar-refractivity contribution in [2.24, 2.45) is 11.8 Å². The summed E-state index contributed by atoms with van der Waals surface area (Å²) < 4.78 is 12.1. The molecular formula is C22H27NO3. The number of rotatable bonds is 0. The summed E-state index contributed by atoms with van der Waals surface area (Å²) in [6, 6.07) is 9.79. The van der Waals surface area contributed by atoms with Crippen molar-refractivity contribution in [1.29, 1.82) is 0 Å². The predicted octanol–water partition coefficient (Wildman–Crippen LogP) is 3.21. The molecule has 2 aliphatic heterocycles. The number of carbonyl (C=O) groups is 1. The topological polar surface area (TPSA) is 38.8 Å². The predicted molar refractivity (Wildman–Crippen MR) is 99.2 cm³/mol. The number of esters is 1. The summed E-state index contributed by atoms with van der Waals surface area (Å²) in [5.41, 5.74) is 0.819. The second-order valence-electron chi connectivity index (χ2n) is 8.42. The van der Waals surface area contributed by atoms with Gasteiger partial charge < -0.3 is 9.47 Å². The van der Waals surface area contributed by atoms with E-state index in [-0.39, 0.29) is 30.4 Å². The lowest BCUT2D eigenvalue weighted by Gasteiger charge is -2.58. The Morgan fingerprint density at radius 2 is 1.96 bits per heavy atom.